The Morgan fingerprint density at radius 1 is 0.900 bits per heavy atom. The van der Waals surface area contributed by atoms with E-state index in [1.54, 1.807) is 11.8 Å². The van der Waals surface area contributed by atoms with Gasteiger partial charge in [0.2, 0.25) is 5.90 Å². The molecular formula is C41H38BrN3O4S. The molecule has 254 valence electrons. The first kappa shape index (κ1) is 35.2. The van der Waals surface area contributed by atoms with Gasteiger partial charge in [0.1, 0.15) is 5.75 Å². The topological polar surface area (TPSA) is 92.2 Å². The molecule has 1 aliphatic rings. The van der Waals surface area contributed by atoms with Crippen LogP contribution in [0, 0.1) is 0 Å². The Labute approximate surface area is 305 Å². The average molecular weight is 749 g/mol. The van der Waals surface area contributed by atoms with Crippen molar-refractivity contribution in [1.82, 2.24) is 10.9 Å². The first-order valence-corrected chi connectivity index (χ1v) is 18.1. The van der Waals surface area contributed by atoms with Crippen LogP contribution < -0.4 is 15.6 Å². The highest BCUT2D eigenvalue weighted by Crippen LogP contribution is 2.43. The molecule has 5 aromatic carbocycles. The first-order valence-electron chi connectivity index (χ1n) is 16.5. The van der Waals surface area contributed by atoms with Gasteiger partial charge in [-0.15, -0.1) is 0 Å². The molecule has 0 spiro atoms. The second-order valence-electron chi connectivity index (χ2n) is 11.7. The van der Waals surface area contributed by atoms with E-state index in [0.717, 1.165) is 36.5 Å². The number of halogens is 1. The Kier molecular flexibility index (Phi) is 12.2. The monoisotopic (exact) mass is 747 g/mol. The van der Waals surface area contributed by atoms with Crippen LogP contribution in [0.4, 0.5) is 0 Å². The van der Waals surface area contributed by atoms with Crippen LogP contribution in [-0.2, 0) is 16.1 Å². The molecule has 0 unspecified atom stereocenters. The molecule has 0 radical (unpaired) electrons. The van der Waals surface area contributed by atoms with E-state index in [-0.39, 0.29) is 18.9 Å². The minimum atomic E-state index is -1.34. The number of carbonyl (C=O) groups excluding carboxylic acids is 1. The van der Waals surface area contributed by atoms with Crippen molar-refractivity contribution in [2.75, 3.05) is 13.2 Å². The number of nitrogens with zero attached hydrogens (tertiary/aromatic N) is 1. The number of hydrogen-bond donors (Lipinski definition) is 3. The molecule has 0 fully saturated rings. The fourth-order valence-electron chi connectivity index (χ4n) is 5.58. The molecule has 1 amide bonds. The van der Waals surface area contributed by atoms with Crippen LogP contribution in [-0.4, -0.2) is 35.7 Å². The quantitative estimate of drug-likeness (QED) is 0.0735. The summed E-state index contributed by atoms with van der Waals surface area (Å²) in [5.41, 5.74) is 8.49. The second kappa shape index (κ2) is 17.3. The molecule has 0 saturated heterocycles. The summed E-state index contributed by atoms with van der Waals surface area (Å²) in [6, 6.07) is 43.6. The predicted octanol–water partition coefficient (Wildman–Crippen LogP) is 8.54. The number of amides is 1. The third-order valence-corrected chi connectivity index (χ3v) is 9.82. The van der Waals surface area contributed by atoms with E-state index in [4.69, 9.17) is 19.6 Å². The summed E-state index contributed by atoms with van der Waals surface area (Å²) in [7, 11) is 0. The highest BCUT2D eigenvalue weighted by Gasteiger charge is 2.52. The molecule has 50 heavy (non-hydrogen) atoms. The Morgan fingerprint density at radius 3 is 2.34 bits per heavy atom. The zero-order valence-corrected chi connectivity index (χ0v) is 29.8. The van der Waals surface area contributed by atoms with E-state index in [2.05, 4.69) is 51.0 Å². The zero-order chi connectivity index (χ0) is 34.6. The van der Waals surface area contributed by atoms with Gasteiger partial charge in [-0.3, -0.25) is 10.2 Å². The Balaban J connectivity index is 1.30. The fraction of sp³-hybridized carbons (Fsp3) is 0.171. The maximum atomic E-state index is 14.6. The van der Waals surface area contributed by atoms with E-state index < -0.39 is 11.6 Å². The highest BCUT2D eigenvalue weighted by atomic mass is 79.9. The van der Waals surface area contributed by atoms with Crippen molar-refractivity contribution < 1.29 is 19.4 Å². The number of rotatable bonds is 15. The standard InChI is InChI=1S/C41H38BrN3O4S/c42-34-22-18-31(19-23-34)38-41(26-9-13-30-11-3-1-4-12-30,44-39(49-38)32-20-24-35(25-21-32)48-28-10-27-46)40(47)45-43-29-33-14-7-8-17-37(33)50-36-15-5-2-6-16-36/h1-9,11-25,38,43,46H,10,26-29H2,(H,45,47)/b13-9+/t38-,41-/m0/s1. The molecule has 2 atom stereocenters. The van der Waals surface area contributed by atoms with Crippen LogP contribution in [0.3, 0.4) is 0 Å². The number of aliphatic imine (C=N–C) groups is 1. The van der Waals surface area contributed by atoms with Gasteiger partial charge in [-0.1, -0.05) is 119 Å². The number of carbonyl (C=O) groups is 1. The number of nitrogens with one attached hydrogen (secondary N) is 2. The van der Waals surface area contributed by atoms with Crippen molar-refractivity contribution in [2.24, 2.45) is 4.99 Å². The Bertz CT molecular complexity index is 1900. The SMILES string of the molecule is O=C(NNCc1ccccc1Sc1ccccc1)[C@@]1(C/C=C/c2ccccc2)N=C(c2ccc(OCCCO)cc2)O[C@H]1c1ccc(Br)cc1. The van der Waals surface area contributed by atoms with Crippen LogP contribution in [0.2, 0.25) is 0 Å². The summed E-state index contributed by atoms with van der Waals surface area (Å²) in [6.07, 6.45) is 4.10. The fourth-order valence-corrected chi connectivity index (χ4v) is 6.81. The molecule has 0 saturated carbocycles. The Hall–Kier alpha value is -4.67. The van der Waals surface area contributed by atoms with Crippen molar-refractivity contribution in [3.05, 3.63) is 166 Å². The van der Waals surface area contributed by atoms with Gasteiger partial charge in [0.15, 0.2) is 11.6 Å². The first-order chi connectivity index (χ1) is 24.5. The van der Waals surface area contributed by atoms with Crippen LogP contribution in [0.5, 0.6) is 5.75 Å². The Morgan fingerprint density at radius 2 is 1.60 bits per heavy atom. The van der Waals surface area contributed by atoms with Gasteiger partial charge in [-0.25, -0.2) is 10.4 Å². The summed E-state index contributed by atoms with van der Waals surface area (Å²) in [5, 5.41) is 9.11. The minimum absolute atomic E-state index is 0.0665. The van der Waals surface area contributed by atoms with Crippen LogP contribution >= 0.6 is 27.7 Å². The number of aliphatic hydroxyl groups excluding tert-OH is 1. The molecule has 0 aliphatic carbocycles. The molecule has 1 heterocycles. The van der Waals surface area contributed by atoms with Gasteiger partial charge < -0.3 is 14.6 Å². The van der Waals surface area contributed by atoms with Crippen molar-refractivity contribution in [3.63, 3.8) is 0 Å². The lowest BCUT2D eigenvalue weighted by Crippen LogP contribution is -2.52. The maximum absolute atomic E-state index is 14.6. The van der Waals surface area contributed by atoms with Gasteiger partial charge >= 0.3 is 0 Å². The largest absolute Gasteiger partial charge is 0.494 e. The third-order valence-electron chi connectivity index (χ3n) is 8.17. The van der Waals surface area contributed by atoms with E-state index in [0.29, 0.717) is 31.2 Å². The molecule has 6 rings (SSSR count). The van der Waals surface area contributed by atoms with E-state index in [1.165, 1.54) is 0 Å². The van der Waals surface area contributed by atoms with Gasteiger partial charge in [0, 0.05) is 45.8 Å². The minimum Gasteiger partial charge on any atom is -0.494 e. The van der Waals surface area contributed by atoms with Crippen molar-refractivity contribution in [2.45, 2.75) is 40.8 Å². The molecule has 9 heteroatoms. The number of hydrogen-bond acceptors (Lipinski definition) is 7. The number of ether oxygens (including phenoxy) is 2. The van der Waals surface area contributed by atoms with Gasteiger partial charge in [0.25, 0.3) is 5.91 Å². The summed E-state index contributed by atoms with van der Waals surface area (Å²) in [6.45, 7) is 0.894. The maximum Gasteiger partial charge on any atom is 0.266 e. The van der Waals surface area contributed by atoms with E-state index >= 15 is 0 Å². The predicted molar refractivity (Wildman–Crippen MR) is 203 cm³/mol. The summed E-state index contributed by atoms with van der Waals surface area (Å²) in [4.78, 5) is 21.9. The summed E-state index contributed by atoms with van der Waals surface area (Å²) in [5.74, 6) is 0.734. The van der Waals surface area contributed by atoms with Gasteiger partial charge in [0.05, 0.1) is 6.61 Å². The number of benzene rings is 5. The number of aliphatic hydroxyl groups is 1. The molecule has 1 aliphatic heterocycles. The molecule has 0 aromatic heterocycles. The van der Waals surface area contributed by atoms with Crippen molar-refractivity contribution >= 4 is 45.6 Å². The van der Waals surface area contributed by atoms with Crippen LogP contribution in [0.15, 0.2) is 159 Å². The molecule has 7 nitrogen and oxygen atoms in total. The van der Waals surface area contributed by atoms with Crippen LogP contribution in [0.1, 0.15) is 41.2 Å². The van der Waals surface area contributed by atoms with Crippen molar-refractivity contribution in [1.29, 1.82) is 0 Å². The molecular weight excluding hydrogens is 710 g/mol. The number of hydrazine groups is 1. The molecule has 0 bridgehead atoms. The normalized spacial score (nSPS) is 16.9. The summed E-state index contributed by atoms with van der Waals surface area (Å²) >= 11 is 5.22. The smallest absolute Gasteiger partial charge is 0.266 e. The lowest BCUT2D eigenvalue weighted by atomic mass is 9.84. The summed E-state index contributed by atoms with van der Waals surface area (Å²) < 4.78 is 13.3. The average Bonchev–Trinajstić information content (AvgIpc) is 3.54. The lowest BCUT2D eigenvalue weighted by Gasteiger charge is -2.30. The lowest BCUT2D eigenvalue weighted by molar-refractivity contribution is -0.129. The van der Waals surface area contributed by atoms with Gasteiger partial charge in [-0.05, 0) is 71.3 Å². The molecule has 5 aromatic rings. The van der Waals surface area contributed by atoms with E-state index in [9.17, 15) is 4.79 Å². The molecule has 3 N–H and O–H groups in total. The van der Waals surface area contributed by atoms with Crippen LogP contribution in [0.25, 0.3) is 6.08 Å². The second-order valence-corrected chi connectivity index (χ2v) is 13.7. The van der Waals surface area contributed by atoms with Crippen molar-refractivity contribution in [3.8, 4) is 5.75 Å². The van der Waals surface area contributed by atoms with Gasteiger partial charge in [-0.2, -0.15) is 0 Å². The van der Waals surface area contributed by atoms with E-state index in [1.807, 2.05) is 121 Å². The zero-order valence-electron chi connectivity index (χ0n) is 27.4. The third kappa shape index (κ3) is 8.91. The highest BCUT2D eigenvalue weighted by molar-refractivity contribution is 9.10.